The van der Waals surface area contributed by atoms with Crippen LogP contribution in [0.3, 0.4) is 0 Å². The van der Waals surface area contributed by atoms with Gasteiger partial charge in [-0.1, -0.05) is 19.3 Å². The van der Waals surface area contributed by atoms with Crippen LogP contribution in [0, 0.1) is 17.6 Å². The number of pyridine rings is 1. The van der Waals surface area contributed by atoms with Crippen molar-refractivity contribution in [1.29, 1.82) is 0 Å². The monoisotopic (exact) mass is 336 g/mol. The van der Waals surface area contributed by atoms with Gasteiger partial charge in [-0.3, -0.25) is 9.59 Å². The van der Waals surface area contributed by atoms with E-state index in [-0.39, 0.29) is 23.4 Å². The van der Waals surface area contributed by atoms with E-state index in [0.717, 1.165) is 51.1 Å². The molecule has 1 aromatic rings. The van der Waals surface area contributed by atoms with E-state index in [4.69, 9.17) is 0 Å². The molecule has 4 nitrogen and oxygen atoms in total. The van der Waals surface area contributed by atoms with Crippen LogP contribution in [-0.4, -0.2) is 34.2 Å². The fourth-order valence-corrected chi connectivity index (χ4v) is 3.93. The molecule has 1 saturated heterocycles. The van der Waals surface area contributed by atoms with Crippen molar-refractivity contribution in [1.82, 2.24) is 9.88 Å². The lowest BCUT2D eigenvalue weighted by Crippen LogP contribution is -2.47. The van der Waals surface area contributed by atoms with Gasteiger partial charge in [0.25, 0.3) is 5.91 Å². The molecular formula is C18H22F2N2O2. The number of Topliss-reactive ketones (excluding diaryl/α,β-unsaturated/α-hetero) is 1. The summed E-state index contributed by atoms with van der Waals surface area (Å²) in [4.78, 5) is 30.5. The van der Waals surface area contributed by atoms with Gasteiger partial charge in [-0.15, -0.1) is 0 Å². The first-order chi connectivity index (χ1) is 11.6. The molecule has 1 aliphatic heterocycles. The standard InChI is InChI=1S/C18H22F2N2O2/c19-12-10-14(20)17(21-11-12)18(24)22-9-5-1-2-7-15(22)13-6-3-4-8-16(13)23/h10-11,13,15H,1-9H2. The van der Waals surface area contributed by atoms with Gasteiger partial charge in [0.2, 0.25) is 0 Å². The molecule has 1 aliphatic carbocycles. The van der Waals surface area contributed by atoms with E-state index in [2.05, 4.69) is 4.98 Å². The topological polar surface area (TPSA) is 50.3 Å². The summed E-state index contributed by atoms with van der Waals surface area (Å²) in [6.45, 7) is 0.492. The first-order valence-electron chi connectivity index (χ1n) is 8.72. The van der Waals surface area contributed by atoms with Crippen molar-refractivity contribution in [2.75, 3.05) is 6.54 Å². The lowest BCUT2D eigenvalue weighted by atomic mass is 9.80. The minimum Gasteiger partial charge on any atom is -0.334 e. The van der Waals surface area contributed by atoms with Crippen molar-refractivity contribution in [2.24, 2.45) is 5.92 Å². The maximum absolute atomic E-state index is 14.0. The van der Waals surface area contributed by atoms with Crippen molar-refractivity contribution in [3.8, 4) is 0 Å². The largest absolute Gasteiger partial charge is 0.334 e. The number of carbonyl (C=O) groups is 2. The molecule has 0 bridgehead atoms. The summed E-state index contributed by atoms with van der Waals surface area (Å²) in [5, 5.41) is 0. The second-order valence-electron chi connectivity index (χ2n) is 6.72. The predicted octanol–water partition coefficient (Wildman–Crippen LogP) is 3.50. The zero-order valence-electron chi connectivity index (χ0n) is 13.6. The minimum absolute atomic E-state index is 0.163. The number of carbonyl (C=O) groups excluding carboxylic acids is 2. The summed E-state index contributed by atoms with van der Waals surface area (Å²) < 4.78 is 27.1. The van der Waals surface area contributed by atoms with Gasteiger partial charge < -0.3 is 4.90 Å². The molecule has 6 heteroatoms. The summed E-state index contributed by atoms with van der Waals surface area (Å²) >= 11 is 0. The number of nitrogens with zero attached hydrogens (tertiary/aromatic N) is 2. The third-order valence-corrected chi connectivity index (χ3v) is 5.14. The maximum Gasteiger partial charge on any atom is 0.275 e. The third-order valence-electron chi connectivity index (χ3n) is 5.14. The van der Waals surface area contributed by atoms with E-state index in [1.54, 1.807) is 4.90 Å². The Morgan fingerprint density at radius 2 is 1.92 bits per heavy atom. The molecule has 0 radical (unpaired) electrons. The normalized spacial score (nSPS) is 25.4. The van der Waals surface area contributed by atoms with Crippen molar-refractivity contribution < 1.29 is 18.4 Å². The highest BCUT2D eigenvalue weighted by Crippen LogP contribution is 2.32. The van der Waals surface area contributed by atoms with E-state index < -0.39 is 17.5 Å². The van der Waals surface area contributed by atoms with Crippen LogP contribution in [0.4, 0.5) is 8.78 Å². The van der Waals surface area contributed by atoms with Crippen molar-refractivity contribution >= 4 is 11.7 Å². The molecule has 0 spiro atoms. The molecule has 1 aromatic heterocycles. The number of hydrogen-bond acceptors (Lipinski definition) is 3. The van der Waals surface area contributed by atoms with E-state index in [1.165, 1.54) is 0 Å². The molecule has 2 atom stereocenters. The quantitative estimate of drug-likeness (QED) is 0.830. The molecule has 0 N–H and O–H groups in total. The number of ketones is 1. The number of hydrogen-bond donors (Lipinski definition) is 0. The molecule has 3 rings (SSSR count). The lowest BCUT2D eigenvalue weighted by Gasteiger charge is -2.36. The maximum atomic E-state index is 14.0. The Morgan fingerprint density at radius 1 is 1.12 bits per heavy atom. The average molecular weight is 336 g/mol. The number of rotatable bonds is 2. The second kappa shape index (κ2) is 7.36. The molecule has 2 fully saturated rings. The summed E-state index contributed by atoms with van der Waals surface area (Å²) in [5.41, 5.74) is -0.355. The van der Waals surface area contributed by atoms with Crippen molar-refractivity contribution in [3.63, 3.8) is 0 Å². The van der Waals surface area contributed by atoms with E-state index in [9.17, 15) is 18.4 Å². The first-order valence-corrected chi connectivity index (χ1v) is 8.72. The molecule has 2 heterocycles. The van der Waals surface area contributed by atoms with Gasteiger partial charge in [0.05, 0.1) is 6.20 Å². The van der Waals surface area contributed by atoms with Crippen LogP contribution in [0.2, 0.25) is 0 Å². The van der Waals surface area contributed by atoms with Crippen LogP contribution >= 0.6 is 0 Å². The first kappa shape index (κ1) is 17.0. The molecule has 0 aromatic carbocycles. The average Bonchev–Trinajstić information content (AvgIpc) is 2.80. The van der Waals surface area contributed by atoms with Crippen LogP contribution in [0.1, 0.15) is 61.9 Å². The van der Waals surface area contributed by atoms with Gasteiger partial charge in [0.15, 0.2) is 11.5 Å². The fraction of sp³-hybridized carbons (Fsp3) is 0.611. The Kier molecular flexibility index (Phi) is 5.21. The van der Waals surface area contributed by atoms with Gasteiger partial charge in [-0.25, -0.2) is 13.8 Å². The van der Waals surface area contributed by atoms with Crippen molar-refractivity contribution in [3.05, 3.63) is 29.6 Å². The van der Waals surface area contributed by atoms with Crippen LogP contribution in [0.15, 0.2) is 12.3 Å². The summed E-state index contributed by atoms with van der Waals surface area (Å²) in [6.07, 6.45) is 7.62. The zero-order valence-corrected chi connectivity index (χ0v) is 13.6. The molecule has 1 amide bonds. The Balaban J connectivity index is 1.88. The molecule has 24 heavy (non-hydrogen) atoms. The smallest absolute Gasteiger partial charge is 0.275 e. The highest BCUT2D eigenvalue weighted by molar-refractivity contribution is 5.93. The van der Waals surface area contributed by atoms with Gasteiger partial charge in [0, 0.05) is 31.0 Å². The highest BCUT2D eigenvalue weighted by Gasteiger charge is 2.37. The summed E-state index contributed by atoms with van der Waals surface area (Å²) in [5.74, 6) is -2.24. The molecule has 2 unspecified atom stereocenters. The predicted molar refractivity (Wildman–Crippen MR) is 84.4 cm³/mol. The number of likely N-dealkylation sites (tertiary alicyclic amines) is 1. The van der Waals surface area contributed by atoms with E-state index >= 15 is 0 Å². The lowest BCUT2D eigenvalue weighted by molar-refractivity contribution is -0.126. The van der Waals surface area contributed by atoms with Crippen LogP contribution in [0.25, 0.3) is 0 Å². The molecular weight excluding hydrogens is 314 g/mol. The molecule has 1 saturated carbocycles. The van der Waals surface area contributed by atoms with Gasteiger partial charge in [0.1, 0.15) is 11.6 Å². The molecule has 130 valence electrons. The van der Waals surface area contributed by atoms with Crippen molar-refractivity contribution in [2.45, 2.75) is 57.4 Å². The van der Waals surface area contributed by atoms with Crippen LogP contribution < -0.4 is 0 Å². The summed E-state index contributed by atoms with van der Waals surface area (Å²) in [7, 11) is 0. The summed E-state index contributed by atoms with van der Waals surface area (Å²) in [6, 6.07) is 0.484. The van der Waals surface area contributed by atoms with E-state index in [1.807, 2.05) is 0 Å². The number of amides is 1. The minimum atomic E-state index is -0.946. The Hall–Kier alpha value is -1.85. The van der Waals surface area contributed by atoms with Gasteiger partial charge in [-0.05, 0) is 25.7 Å². The Morgan fingerprint density at radius 3 is 2.67 bits per heavy atom. The number of aromatic nitrogens is 1. The van der Waals surface area contributed by atoms with Crippen LogP contribution in [-0.2, 0) is 4.79 Å². The number of halogens is 2. The fourth-order valence-electron chi connectivity index (χ4n) is 3.93. The van der Waals surface area contributed by atoms with Crippen LogP contribution in [0.5, 0.6) is 0 Å². The SMILES string of the molecule is O=C1CCCCC1C1CCCCCN1C(=O)c1ncc(F)cc1F. The van der Waals surface area contributed by atoms with Gasteiger partial charge in [-0.2, -0.15) is 0 Å². The zero-order chi connectivity index (χ0) is 17.1. The highest BCUT2D eigenvalue weighted by atomic mass is 19.1. The Bertz CT molecular complexity index is 635. The van der Waals surface area contributed by atoms with Gasteiger partial charge >= 0.3 is 0 Å². The van der Waals surface area contributed by atoms with E-state index in [0.29, 0.717) is 19.0 Å². The third kappa shape index (κ3) is 3.47. The second-order valence-corrected chi connectivity index (χ2v) is 6.72. The molecule has 2 aliphatic rings. The Labute approximate surface area is 140 Å².